The third kappa shape index (κ3) is 2.21. The zero-order valence-corrected chi connectivity index (χ0v) is 9.81. The van der Waals surface area contributed by atoms with Crippen LogP contribution in [0.3, 0.4) is 0 Å². The average molecular weight is 228 g/mol. The molecule has 2 nitrogen and oxygen atoms in total. The minimum absolute atomic E-state index is 0.297. The Bertz CT molecular complexity index is 514. The molecule has 0 saturated heterocycles. The molecule has 0 spiro atoms. The Morgan fingerprint density at radius 3 is 2.71 bits per heavy atom. The van der Waals surface area contributed by atoms with Crippen molar-refractivity contribution in [1.82, 2.24) is 4.98 Å². The van der Waals surface area contributed by atoms with Gasteiger partial charge in [0.15, 0.2) is 0 Å². The van der Waals surface area contributed by atoms with Crippen LogP contribution < -0.4 is 4.90 Å². The molecular weight excluding hydrogens is 215 g/mol. The Balaban J connectivity index is 2.17. The number of pyridine rings is 1. The van der Waals surface area contributed by atoms with Crippen molar-refractivity contribution in [3.63, 3.8) is 0 Å². The minimum Gasteiger partial charge on any atom is -0.336 e. The van der Waals surface area contributed by atoms with Gasteiger partial charge in [-0.15, -0.1) is 6.42 Å². The van der Waals surface area contributed by atoms with E-state index in [0.717, 1.165) is 5.57 Å². The van der Waals surface area contributed by atoms with E-state index in [2.05, 4.69) is 10.9 Å². The molecular formula is C14H13FN2. The highest BCUT2D eigenvalue weighted by Gasteiger charge is 2.33. The van der Waals surface area contributed by atoms with Crippen LogP contribution in [0.25, 0.3) is 0 Å². The van der Waals surface area contributed by atoms with E-state index in [4.69, 9.17) is 6.42 Å². The lowest BCUT2D eigenvalue weighted by atomic mass is 9.96. The highest BCUT2D eigenvalue weighted by atomic mass is 19.1. The van der Waals surface area contributed by atoms with Crippen LogP contribution in [0.4, 0.5) is 10.2 Å². The van der Waals surface area contributed by atoms with Gasteiger partial charge < -0.3 is 4.90 Å². The van der Waals surface area contributed by atoms with Crippen LogP contribution in [0, 0.1) is 23.6 Å². The third-order valence-corrected chi connectivity index (χ3v) is 2.85. The lowest BCUT2D eigenvalue weighted by Gasteiger charge is -2.17. The maximum absolute atomic E-state index is 12.7. The van der Waals surface area contributed by atoms with Gasteiger partial charge in [-0.2, -0.15) is 0 Å². The first-order chi connectivity index (χ1) is 8.07. The smallest absolute Gasteiger partial charge is 0.141 e. The van der Waals surface area contributed by atoms with Crippen LogP contribution in [-0.2, 0) is 0 Å². The Morgan fingerprint density at radius 2 is 2.24 bits per heavy atom. The average Bonchev–Trinajstić information content (AvgIpc) is 3.10. The lowest BCUT2D eigenvalue weighted by Crippen LogP contribution is -2.13. The predicted molar refractivity (Wildman–Crippen MR) is 66.8 cm³/mol. The monoisotopic (exact) mass is 228 g/mol. The summed E-state index contributed by atoms with van der Waals surface area (Å²) in [7, 11) is 1.86. The molecule has 1 aromatic rings. The normalized spacial score (nSPS) is 16.5. The zero-order chi connectivity index (χ0) is 12.5. The molecule has 0 N–H and O–H groups in total. The molecule has 2 rings (SSSR count). The first kappa shape index (κ1) is 11.4. The van der Waals surface area contributed by atoms with Gasteiger partial charge in [0.05, 0.1) is 11.6 Å². The molecule has 0 aliphatic heterocycles. The van der Waals surface area contributed by atoms with E-state index in [9.17, 15) is 4.39 Å². The van der Waals surface area contributed by atoms with Gasteiger partial charge >= 0.3 is 0 Å². The standard InChI is InChI=1S/C14H13FN2/c1-4-14(7-8-14)11(2)10-17(3)13-6-5-12(15)9-16-13/h1,5-10H,2-3H3/b11-10-. The maximum atomic E-state index is 12.7. The summed E-state index contributed by atoms with van der Waals surface area (Å²) in [4.78, 5) is 5.82. The van der Waals surface area contributed by atoms with Crippen molar-refractivity contribution in [3.05, 3.63) is 48.1 Å². The molecule has 86 valence electrons. The van der Waals surface area contributed by atoms with Crippen molar-refractivity contribution in [2.24, 2.45) is 5.41 Å². The van der Waals surface area contributed by atoms with Gasteiger partial charge in [-0.3, -0.25) is 0 Å². The number of nitrogens with zero attached hydrogens (tertiary/aromatic N) is 2. The Morgan fingerprint density at radius 1 is 1.53 bits per heavy atom. The molecule has 0 radical (unpaired) electrons. The Kier molecular flexibility index (Phi) is 2.72. The molecule has 0 fully saturated rings. The van der Waals surface area contributed by atoms with Crippen LogP contribution in [-0.4, -0.2) is 12.0 Å². The van der Waals surface area contributed by atoms with E-state index in [1.807, 2.05) is 37.2 Å². The SMILES string of the molecule is C#CC1(/C(C)=C\N(C)c2ccc(F)cn2)C=C1. The van der Waals surface area contributed by atoms with E-state index < -0.39 is 0 Å². The van der Waals surface area contributed by atoms with Crippen molar-refractivity contribution in [2.45, 2.75) is 6.92 Å². The van der Waals surface area contributed by atoms with E-state index in [0.29, 0.717) is 5.82 Å². The summed E-state index contributed by atoms with van der Waals surface area (Å²) in [5.74, 6) is 3.07. The molecule has 0 bridgehead atoms. The number of anilines is 1. The fraction of sp³-hybridized carbons (Fsp3) is 0.214. The first-order valence-electron chi connectivity index (χ1n) is 5.29. The summed E-state index contributed by atoms with van der Waals surface area (Å²) in [6, 6.07) is 3.01. The molecule has 1 aliphatic rings. The number of rotatable bonds is 3. The fourth-order valence-electron chi connectivity index (χ4n) is 1.60. The highest BCUT2D eigenvalue weighted by molar-refractivity contribution is 5.52. The van der Waals surface area contributed by atoms with Crippen LogP contribution in [0.2, 0.25) is 0 Å². The summed E-state index contributed by atoms with van der Waals surface area (Å²) < 4.78 is 12.7. The van der Waals surface area contributed by atoms with Gasteiger partial charge in [0.2, 0.25) is 0 Å². The molecule has 0 atom stereocenters. The zero-order valence-electron chi connectivity index (χ0n) is 9.81. The molecule has 1 aliphatic carbocycles. The summed E-state index contributed by atoms with van der Waals surface area (Å²) in [6.07, 6.45) is 12.5. The van der Waals surface area contributed by atoms with Gasteiger partial charge in [-0.25, -0.2) is 9.37 Å². The second-order valence-electron chi connectivity index (χ2n) is 4.10. The number of hydrogen-bond donors (Lipinski definition) is 0. The quantitative estimate of drug-likeness (QED) is 0.584. The first-order valence-corrected chi connectivity index (χ1v) is 5.29. The predicted octanol–water partition coefficient (Wildman–Crippen LogP) is 2.75. The van der Waals surface area contributed by atoms with Crippen LogP contribution in [0.15, 0.2) is 42.3 Å². The molecule has 0 aromatic carbocycles. The highest BCUT2D eigenvalue weighted by Crippen LogP contribution is 2.41. The largest absolute Gasteiger partial charge is 0.336 e. The number of allylic oxidation sites excluding steroid dienone is 3. The Labute approximate surface area is 100 Å². The van der Waals surface area contributed by atoms with Gasteiger partial charge in [0.1, 0.15) is 11.6 Å². The summed E-state index contributed by atoms with van der Waals surface area (Å²) in [5, 5.41) is 0. The van der Waals surface area contributed by atoms with Crippen LogP contribution in [0.5, 0.6) is 0 Å². The number of aromatic nitrogens is 1. The van der Waals surface area contributed by atoms with Crippen molar-refractivity contribution in [2.75, 3.05) is 11.9 Å². The second-order valence-corrected chi connectivity index (χ2v) is 4.10. The van der Waals surface area contributed by atoms with Crippen molar-refractivity contribution in [1.29, 1.82) is 0 Å². The van der Waals surface area contributed by atoms with E-state index >= 15 is 0 Å². The van der Waals surface area contributed by atoms with E-state index in [1.54, 1.807) is 6.07 Å². The lowest BCUT2D eigenvalue weighted by molar-refractivity contribution is 0.621. The molecule has 0 saturated carbocycles. The second kappa shape index (κ2) is 4.06. The molecule has 0 amide bonds. The topological polar surface area (TPSA) is 16.1 Å². The number of terminal acetylenes is 1. The number of halogens is 1. The molecule has 1 heterocycles. The van der Waals surface area contributed by atoms with Gasteiger partial charge in [0, 0.05) is 13.2 Å². The van der Waals surface area contributed by atoms with Gasteiger partial charge in [-0.05, 0) is 24.6 Å². The summed E-state index contributed by atoms with van der Waals surface area (Å²) in [6.45, 7) is 1.97. The molecule has 0 unspecified atom stereocenters. The minimum atomic E-state index is -0.341. The van der Waals surface area contributed by atoms with Crippen LogP contribution in [0.1, 0.15) is 6.92 Å². The summed E-state index contributed by atoms with van der Waals surface area (Å²) >= 11 is 0. The van der Waals surface area contributed by atoms with E-state index in [-0.39, 0.29) is 11.2 Å². The van der Waals surface area contributed by atoms with Crippen LogP contribution >= 0.6 is 0 Å². The maximum Gasteiger partial charge on any atom is 0.141 e. The Hall–Kier alpha value is -2.08. The third-order valence-electron chi connectivity index (χ3n) is 2.85. The van der Waals surface area contributed by atoms with E-state index in [1.165, 1.54) is 12.3 Å². The fourth-order valence-corrected chi connectivity index (χ4v) is 1.60. The van der Waals surface area contributed by atoms with Gasteiger partial charge in [0.25, 0.3) is 0 Å². The number of hydrogen-bond acceptors (Lipinski definition) is 2. The van der Waals surface area contributed by atoms with Crippen molar-refractivity contribution >= 4 is 5.82 Å². The molecule has 17 heavy (non-hydrogen) atoms. The van der Waals surface area contributed by atoms with Gasteiger partial charge in [-0.1, -0.05) is 18.1 Å². The van der Waals surface area contributed by atoms with Crippen molar-refractivity contribution < 1.29 is 4.39 Å². The molecule has 1 aromatic heterocycles. The molecule has 3 heteroatoms. The van der Waals surface area contributed by atoms with Crippen molar-refractivity contribution in [3.8, 4) is 12.3 Å². The summed E-state index contributed by atoms with van der Waals surface area (Å²) in [5.41, 5.74) is 0.752.